The predicted octanol–water partition coefficient (Wildman–Crippen LogP) is 3.72. The van der Waals surface area contributed by atoms with Crippen LogP contribution in [0.4, 0.5) is 0 Å². The summed E-state index contributed by atoms with van der Waals surface area (Å²) in [6, 6.07) is 7.18. The molecule has 0 unspecified atom stereocenters. The highest BCUT2D eigenvalue weighted by molar-refractivity contribution is 5.79. The van der Waals surface area contributed by atoms with Crippen LogP contribution in [0.3, 0.4) is 0 Å². The maximum atomic E-state index is 12.7. The zero-order valence-corrected chi connectivity index (χ0v) is 18.3. The van der Waals surface area contributed by atoms with Crippen LogP contribution in [0.2, 0.25) is 0 Å². The summed E-state index contributed by atoms with van der Waals surface area (Å²) in [6.07, 6.45) is 1.30. The maximum absolute atomic E-state index is 12.7. The van der Waals surface area contributed by atoms with E-state index in [9.17, 15) is 15.2 Å². The summed E-state index contributed by atoms with van der Waals surface area (Å²) in [5.74, 6) is 0.772. The van der Waals surface area contributed by atoms with Gasteiger partial charge in [0.2, 0.25) is 5.91 Å². The summed E-state index contributed by atoms with van der Waals surface area (Å²) < 4.78 is 12.9. The SMILES string of the molecule is CC(C)(O)CC(C)(C)O[C@@H]1[C@@H](N2CCCC2=O)c2cc(C#N)ccc2OC1(C)C. The number of hydrogen-bond donors (Lipinski definition) is 1. The molecule has 1 saturated heterocycles. The Bertz CT molecular complexity index is 832. The summed E-state index contributed by atoms with van der Waals surface area (Å²) in [4.78, 5) is 14.6. The van der Waals surface area contributed by atoms with Gasteiger partial charge < -0.3 is 19.5 Å². The number of fused-ring (bicyclic) bond motifs is 1. The number of benzene rings is 1. The Balaban J connectivity index is 2.08. The van der Waals surface area contributed by atoms with E-state index in [-0.39, 0.29) is 11.9 Å². The molecule has 6 heteroatoms. The van der Waals surface area contributed by atoms with Crippen molar-refractivity contribution in [3.8, 4) is 11.8 Å². The largest absolute Gasteiger partial charge is 0.485 e. The summed E-state index contributed by atoms with van der Waals surface area (Å²) >= 11 is 0. The van der Waals surface area contributed by atoms with E-state index in [2.05, 4.69) is 6.07 Å². The van der Waals surface area contributed by atoms with Crippen molar-refractivity contribution in [2.24, 2.45) is 0 Å². The molecule has 158 valence electrons. The molecule has 3 rings (SSSR count). The van der Waals surface area contributed by atoms with Gasteiger partial charge >= 0.3 is 0 Å². The molecule has 2 heterocycles. The van der Waals surface area contributed by atoms with Gasteiger partial charge in [-0.15, -0.1) is 0 Å². The van der Waals surface area contributed by atoms with Gasteiger partial charge in [0.05, 0.1) is 28.9 Å². The Morgan fingerprint density at radius 2 is 2.03 bits per heavy atom. The first kappa shape index (κ1) is 21.6. The lowest BCUT2D eigenvalue weighted by Gasteiger charge is -2.50. The van der Waals surface area contributed by atoms with Gasteiger partial charge in [0, 0.05) is 24.9 Å². The van der Waals surface area contributed by atoms with Gasteiger partial charge in [-0.2, -0.15) is 5.26 Å². The van der Waals surface area contributed by atoms with Crippen LogP contribution in [0, 0.1) is 11.3 Å². The maximum Gasteiger partial charge on any atom is 0.223 e. The van der Waals surface area contributed by atoms with Crippen molar-refractivity contribution in [3.63, 3.8) is 0 Å². The minimum absolute atomic E-state index is 0.0925. The third kappa shape index (κ3) is 4.57. The third-order valence-electron chi connectivity index (χ3n) is 5.55. The number of amides is 1. The summed E-state index contributed by atoms with van der Waals surface area (Å²) in [7, 11) is 0. The van der Waals surface area contributed by atoms with Gasteiger partial charge in [-0.3, -0.25) is 4.79 Å². The quantitative estimate of drug-likeness (QED) is 0.814. The lowest BCUT2D eigenvalue weighted by Crippen LogP contribution is -2.57. The number of nitrogens with zero attached hydrogens (tertiary/aromatic N) is 2. The van der Waals surface area contributed by atoms with Crippen molar-refractivity contribution in [2.75, 3.05) is 6.54 Å². The zero-order chi connectivity index (χ0) is 21.6. The highest BCUT2D eigenvalue weighted by atomic mass is 16.6. The Morgan fingerprint density at radius 3 is 2.59 bits per heavy atom. The second-order valence-electron chi connectivity index (χ2n) is 9.99. The molecule has 1 amide bonds. The molecule has 2 aliphatic rings. The number of aliphatic hydroxyl groups is 1. The average molecular weight is 401 g/mol. The van der Waals surface area contributed by atoms with Crippen molar-refractivity contribution >= 4 is 5.91 Å². The predicted molar refractivity (Wildman–Crippen MR) is 109 cm³/mol. The van der Waals surface area contributed by atoms with Crippen LogP contribution >= 0.6 is 0 Å². The van der Waals surface area contributed by atoms with E-state index in [1.807, 2.05) is 32.6 Å². The van der Waals surface area contributed by atoms with Crippen LogP contribution < -0.4 is 4.74 Å². The molecule has 0 radical (unpaired) electrons. The van der Waals surface area contributed by atoms with Gasteiger partial charge in [0.15, 0.2) is 0 Å². The van der Waals surface area contributed by atoms with Crippen LogP contribution in [-0.2, 0) is 9.53 Å². The Hall–Kier alpha value is -2.10. The Morgan fingerprint density at radius 1 is 1.34 bits per heavy atom. The molecule has 1 aromatic carbocycles. The minimum Gasteiger partial charge on any atom is -0.485 e. The molecule has 1 fully saturated rings. The van der Waals surface area contributed by atoms with E-state index in [1.54, 1.807) is 32.0 Å². The van der Waals surface area contributed by atoms with Crippen molar-refractivity contribution in [1.29, 1.82) is 5.26 Å². The van der Waals surface area contributed by atoms with E-state index in [0.717, 1.165) is 12.0 Å². The van der Waals surface area contributed by atoms with E-state index in [0.29, 0.717) is 30.7 Å². The Labute approximate surface area is 173 Å². The van der Waals surface area contributed by atoms with Crippen LogP contribution in [0.1, 0.15) is 78.0 Å². The first-order chi connectivity index (χ1) is 13.3. The molecule has 0 spiro atoms. The van der Waals surface area contributed by atoms with Crippen LogP contribution in [-0.4, -0.2) is 45.4 Å². The van der Waals surface area contributed by atoms with Gasteiger partial charge in [-0.1, -0.05) is 0 Å². The molecule has 0 aliphatic carbocycles. The molecule has 0 saturated carbocycles. The smallest absolute Gasteiger partial charge is 0.223 e. The molecule has 2 atom stereocenters. The van der Waals surface area contributed by atoms with Gasteiger partial charge in [0.1, 0.15) is 17.5 Å². The molecule has 2 aliphatic heterocycles. The number of carbonyl (C=O) groups excluding carboxylic acids is 1. The number of likely N-dealkylation sites (tertiary alicyclic amines) is 1. The van der Waals surface area contributed by atoms with Crippen molar-refractivity contribution in [2.45, 2.75) is 89.8 Å². The van der Waals surface area contributed by atoms with E-state index >= 15 is 0 Å². The molecule has 0 aromatic heterocycles. The van der Waals surface area contributed by atoms with Crippen LogP contribution in [0.5, 0.6) is 5.75 Å². The summed E-state index contributed by atoms with van der Waals surface area (Å²) in [5.41, 5.74) is -0.907. The van der Waals surface area contributed by atoms with Gasteiger partial charge in [0.25, 0.3) is 0 Å². The fourth-order valence-corrected chi connectivity index (χ4v) is 4.75. The molecular weight excluding hydrogens is 368 g/mol. The number of nitriles is 1. The highest BCUT2D eigenvalue weighted by Gasteiger charge is 2.51. The van der Waals surface area contributed by atoms with E-state index in [1.165, 1.54) is 0 Å². The van der Waals surface area contributed by atoms with Crippen molar-refractivity contribution < 1.29 is 19.4 Å². The topological polar surface area (TPSA) is 82.8 Å². The van der Waals surface area contributed by atoms with Crippen molar-refractivity contribution in [1.82, 2.24) is 4.90 Å². The van der Waals surface area contributed by atoms with Gasteiger partial charge in [-0.25, -0.2) is 0 Å². The molecule has 6 nitrogen and oxygen atoms in total. The second-order valence-corrected chi connectivity index (χ2v) is 9.99. The minimum atomic E-state index is -0.895. The van der Waals surface area contributed by atoms with Crippen LogP contribution in [0.15, 0.2) is 18.2 Å². The normalized spacial score (nSPS) is 24.1. The zero-order valence-electron chi connectivity index (χ0n) is 18.3. The third-order valence-corrected chi connectivity index (χ3v) is 5.55. The number of rotatable bonds is 5. The van der Waals surface area contributed by atoms with Crippen LogP contribution in [0.25, 0.3) is 0 Å². The number of hydrogen-bond acceptors (Lipinski definition) is 5. The van der Waals surface area contributed by atoms with E-state index in [4.69, 9.17) is 9.47 Å². The molecule has 1 aromatic rings. The van der Waals surface area contributed by atoms with E-state index < -0.39 is 22.9 Å². The van der Waals surface area contributed by atoms with Gasteiger partial charge in [-0.05, 0) is 66.2 Å². The fourth-order valence-electron chi connectivity index (χ4n) is 4.75. The highest BCUT2D eigenvalue weighted by Crippen LogP contribution is 2.47. The lowest BCUT2D eigenvalue weighted by molar-refractivity contribution is -0.194. The molecule has 0 bridgehead atoms. The summed E-state index contributed by atoms with van der Waals surface area (Å²) in [5, 5.41) is 19.7. The average Bonchev–Trinajstić information content (AvgIpc) is 2.98. The number of ether oxygens (including phenoxy) is 2. The molecule has 29 heavy (non-hydrogen) atoms. The monoisotopic (exact) mass is 400 g/mol. The molecule has 1 N–H and O–H groups in total. The van der Waals surface area contributed by atoms with Crippen molar-refractivity contribution in [3.05, 3.63) is 29.3 Å². The first-order valence-corrected chi connectivity index (χ1v) is 10.3. The Kier molecular flexibility index (Phi) is 5.44. The summed E-state index contributed by atoms with van der Waals surface area (Å²) in [6.45, 7) is 12.0. The number of carbonyl (C=O) groups is 1. The second kappa shape index (κ2) is 7.30. The first-order valence-electron chi connectivity index (χ1n) is 10.3. The molecular formula is C23H32N2O4. The lowest BCUT2D eigenvalue weighted by atomic mass is 9.83. The standard InChI is InChI=1S/C23H32N2O4/c1-21(2,27)14-22(3,4)29-20-19(25-11-7-8-18(25)26)16-12-15(13-24)9-10-17(16)28-23(20,5)6/h9-10,12,19-20,27H,7-8,11,14H2,1-6H3/t19-,20+/m0/s1. The fraction of sp³-hybridized carbons (Fsp3) is 0.652.